The smallest absolute Gasteiger partial charge is 0.407 e. The van der Waals surface area contributed by atoms with Crippen molar-refractivity contribution in [2.24, 2.45) is 0 Å². The largest absolute Gasteiger partial charge is 0.466 e. The van der Waals surface area contributed by atoms with Crippen LogP contribution in [0.4, 0.5) is 4.79 Å². The van der Waals surface area contributed by atoms with Gasteiger partial charge in [-0.05, 0) is 70.9 Å². The van der Waals surface area contributed by atoms with Crippen molar-refractivity contribution >= 4 is 22.2 Å². The molecule has 1 atom stereocenters. The zero-order valence-corrected chi connectivity index (χ0v) is 20.4. The summed E-state index contributed by atoms with van der Waals surface area (Å²) in [6.07, 6.45) is -0.364. The van der Waals surface area contributed by atoms with E-state index in [0.717, 1.165) is 11.1 Å². The minimum Gasteiger partial charge on any atom is -0.466 e. The summed E-state index contributed by atoms with van der Waals surface area (Å²) in [7, 11) is -3.96. The Hall–Kier alpha value is -3.07. The lowest BCUT2D eigenvalue weighted by Crippen LogP contribution is -2.41. The zero-order chi connectivity index (χ0) is 24.6. The topological polar surface area (TPSA) is 108 Å². The van der Waals surface area contributed by atoms with E-state index in [9.17, 15) is 18.0 Å². The molecule has 0 aliphatic rings. The van der Waals surface area contributed by atoms with Crippen LogP contribution >= 0.6 is 0 Å². The minimum absolute atomic E-state index is 0.0346. The molecule has 2 aromatic carbocycles. The maximum Gasteiger partial charge on any atom is 0.407 e. The Morgan fingerprint density at radius 1 is 1.00 bits per heavy atom. The first-order valence-electron chi connectivity index (χ1n) is 10.6. The van der Waals surface area contributed by atoms with Crippen molar-refractivity contribution in [3.05, 3.63) is 59.7 Å². The molecule has 0 aromatic heterocycles. The van der Waals surface area contributed by atoms with Crippen molar-refractivity contribution in [2.45, 2.75) is 64.0 Å². The second kappa shape index (κ2) is 11.2. The zero-order valence-electron chi connectivity index (χ0n) is 19.6. The van der Waals surface area contributed by atoms with E-state index in [4.69, 9.17) is 13.7 Å². The summed E-state index contributed by atoms with van der Waals surface area (Å²) < 4.78 is 40.4. The van der Waals surface area contributed by atoms with E-state index in [0.29, 0.717) is 6.42 Å². The van der Waals surface area contributed by atoms with Gasteiger partial charge in [0.2, 0.25) is 0 Å². The average Bonchev–Trinajstić information content (AvgIpc) is 2.68. The normalized spacial score (nSPS) is 12.5. The average molecular weight is 478 g/mol. The number of alkyl carbamates (subject to hydrolysis) is 1. The summed E-state index contributed by atoms with van der Waals surface area (Å²) in [5.41, 5.74) is 1.02. The molecule has 180 valence electrons. The van der Waals surface area contributed by atoms with Gasteiger partial charge in [-0.25, -0.2) is 4.79 Å². The maximum atomic E-state index is 12.5. The van der Waals surface area contributed by atoms with Gasteiger partial charge in [-0.3, -0.25) is 4.79 Å². The van der Waals surface area contributed by atoms with E-state index in [1.165, 1.54) is 24.3 Å². The Morgan fingerprint density at radius 2 is 1.61 bits per heavy atom. The molecule has 0 saturated heterocycles. The number of benzene rings is 2. The van der Waals surface area contributed by atoms with E-state index in [1.54, 1.807) is 52.0 Å². The van der Waals surface area contributed by atoms with Gasteiger partial charge in [-0.1, -0.05) is 29.8 Å². The molecule has 0 radical (unpaired) electrons. The summed E-state index contributed by atoms with van der Waals surface area (Å²) >= 11 is 0. The van der Waals surface area contributed by atoms with Gasteiger partial charge in [0.05, 0.1) is 13.0 Å². The van der Waals surface area contributed by atoms with E-state index < -0.39 is 33.8 Å². The summed E-state index contributed by atoms with van der Waals surface area (Å²) in [5, 5.41) is 2.70. The second-order valence-corrected chi connectivity index (χ2v) is 10.1. The Morgan fingerprint density at radius 3 is 2.15 bits per heavy atom. The van der Waals surface area contributed by atoms with Crippen LogP contribution < -0.4 is 9.50 Å². The number of aryl methyl sites for hydroxylation is 1. The quantitative estimate of drug-likeness (QED) is 0.427. The molecule has 1 unspecified atom stereocenters. The Kier molecular flexibility index (Phi) is 8.87. The van der Waals surface area contributed by atoms with E-state index in [-0.39, 0.29) is 23.7 Å². The Labute approximate surface area is 195 Å². The third-order valence-electron chi connectivity index (χ3n) is 4.36. The lowest BCUT2D eigenvalue weighted by Gasteiger charge is -2.23. The number of esters is 1. The molecule has 8 nitrogen and oxygen atoms in total. The second-order valence-electron chi connectivity index (χ2n) is 8.55. The van der Waals surface area contributed by atoms with Gasteiger partial charge in [-0.2, -0.15) is 8.42 Å². The molecule has 0 spiro atoms. The highest BCUT2D eigenvalue weighted by atomic mass is 32.2. The van der Waals surface area contributed by atoms with E-state index >= 15 is 0 Å². The first-order valence-corrected chi connectivity index (χ1v) is 12.0. The predicted octanol–water partition coefficient (Wildman–Crippen LogP) is 4.15. The number of amides is 1. The first-order chi connectivity index (χ1) is 15.4. The van der Waals surface area contributed by atoms with Gasteiger partial charge in [0, 0.05) is 6.04 Å². The fourth-order valence-electron chi connectivity index (χ4n) is 2.91. The standard InChI is InChI=1S/C24H31NO7S/c1-6-30-22(26)16-19(25-23(27)31-24(3,4)5)15-18-9-11-20(12-10-18)32-33(28,29)21-13-7-17(2)8-14-21/h7-14,19H,6,15-16H2,1-5H3,(H,25,27). The van der Waals surface area contributed by atoms with Gasteiger partial charge < -0.3 is 19.0 Å². The van der Waals surface area contributed by atoms with Crippen LogP contribution in [0.15, 0.2) is 53.4 Å². The van der Waals surface area contributed by atoms with Gasteiger partial charge in [-0.15, -0.1) is 0 Å². The lowest BCUT2D eigenvalue weighted by molar-refractivity contribution is -0.143. The number of carbonyl (C=O) groups is 2. The van der Waals surface area contributed by atoms with Crippen molar-refractivity contribution in [1.29, 1.82) is 0 Å². The van der Waals surface area contributed by atoms with Crippen LogP contribution in [0.2, 0.25) is 0 Å². The van der Waals surface area contributed by atoms with Crippen molar-refractivity contribution in [2.75, 3.05) is 6.61 Å². The predicted molar refractivity (Wildman–Crippen MR) is 124 cm³/mol. The molecule has 2 aromatic rings. The maximum absolute atomic E-state index is 12.5. The fraction of sp³-hybridized carbons (Fsp3) is 0.417. The molecule has 1 N–H and O–H groups in total. The van der Waals surface area contributed by atoms with Gasteiger partial charge in [0.1, 0.15) is 16.2 Å². The molecule has 0 aliphatic heterocycles. The summed E-state index contributed by atoms with van der Waals surface area (Å²) in [4.78, 5) is 24.2. The first kappa shape index (κ1) is 26.2. The summed E-state index contributed by atoms with van der Waals surface area (Å²) in [6, 6.07) is 12.2. The van der Waals surface area contributed by atoms with Crippen LogP contribution in [0.25, 0.3) is 0 Å². The molecule has 0 heterocycles. The molecular formula is C24H31NO7S. The van der Waals surface area contributed by atoms with Crippen molar-refractivity contribution < 1.29 is 31.7 Å². The number of carbonyl (C=O) groups excluding carboxylic acids is 2. The molecule has 0 saturated carbocycles. The number of rotatable bonds is 9. The van der Waals surface area contributed by atoms with Gasteiger partial charge in [0.15, 0.2) is 0 Å². The highest BCUT2D eigenvalue weighted by Gasteiger charge is 2.22. The molecule has 1 amide bonds. The third-order valence-corrected chi connectivity index (χ3v) is 5.62. The molecule has 0 aliphatic carbocycles. The van der Waals surface area contributed by atoms with Crippen LogP contribution in [0.1, 0.15) is 45.2 Å². The number of hydrogen-bond donors (Lipinski definition) is 1. The van der Waals surface area contributed by atoms with E-state index in [1.807, 2.05) is 6.92 Å². The SMILES string of the molecule is CCOC(=O)CC(Cc1ccc(OS(=O)(=O)c2ccc(C)cc2)cc1)NC(=O)OC(C)(C)C. The van der Waals surface area contributed by atoms with Crippen molar-refractivity contribution in [3.8, 4) is 5.75 Å². The molecule has 33 heavy (non-hydrogen) atoms. The number of ether oxygens (including phenoxy) is 2. The van der Waals surface area contributed by atoms with Crippen LogP contribution in [0.3, 0.4) is 0 Å². The van der Waals surface area contributed by atoms with Crippen LogP contribution in [0, 0.1) is 6.92 Å². The molecule has 0 bridgehead atoms. The highest BCUT2D eigenvalue weighted by Crippen LogP contribution is 2.20. The highest BCUT2D eigenvalue weighted by molar-refractivity contribution is 7.87. The summed E-state index contributed by atoms with van der Waals surface area (Å²) in [6.45, 7) is 9.04. The number of hydrogen-bond acceptors (Lipinski definition) is 7. The molecular weight excluding hydrogens is 446 g/mol. The monoisotopic (exact) mass is 477 g/mol. The Bertz CT molecular complexity index is 1040. The van der Waals surface area contributed by atoms with Crippen LogP contribution in [-0.2, 0) is 30.8 Å². The molecule has 0 fully saturated rings. The Balaban J connectivity index is 2.09. The van der Waals surface area contributed by atoms with Gasteiger partial charge in [0.25, 0.3) is 0 Å². The van der Waals surface area contributed by atoms with Gasteiger partial charge >= 0.3 is 22.2 Å². The van der Waals surface area contributed by atoms with Crippen molar-refractivity contribution in [3.63, 3.8) is 0 Å². The minimum atomic E-state index is -3.96. The lowest BCUT2D eigenvalue weighted by atomic mass is 10.0. The number of nitrogens with one attached hydrogen (secondary N) is 1. The van der Waals surface area contributed by atoms with E-state index in [2.05, 4.69) is 5.32 Å². The summed E-state index contributed by atoms with van der Waals surface area (Å²) in [5.74, 6) is -0.288. The van der Waals surface area contributed by atoms with Crippen LogP contribution in [-0.4, -0.2) is 38.7 Å². The molecule has 2 rings (SSSR count). The fourth-order valence-corrected chi connectivity index (χ4v) is 3.85. The molecule has 9 heteroatoms. The van der Waals surface area contributed by atoms with Crippen LogP contribution in [0.5, 0.6) is 5.75 Å². The third kappa shape index (κ3) is 9.13. The van der Waals surface area contributed by atoms with Crippen molar-refractivity contribution in [1.82, 2.24) is 5.32 Å².